The predicted octanol–water partition coefficient (Wildman–Crippen LogP) is 2.35. The lowest BCUT2D eigenvalue weighted by Gasteiger charge is -2.41. The smallest absolute Gasteiger partial charge is 0.326 e. The molecule has 0 aromatic heterocycles. The van der Waals surface area contributed by atoms with E-state index in [0.29, 0.717) is 5.92 Å². The maximum Gasteiger partial charge on any atom is 0.326 e. The highest BCUT2D eigenvalue weighted by Crippen LogP contribution is 2.38. The van der Waals surface area contributed by atoms with Crippen LogP contribution in [0.5, 0.6) is 0 Å². The summed E-state index contributed by atoms with van der Waals surface area (Å²) in [5.74, 6) is 2.05. The van der Waals surface area contributed by atoms with Crippen molar-refractivity contribution in [1.82, 2.24) is 5.32 Å². The number of carbonyl (C=O) groups excluding carboxylic acids is 1. The van der Waals surface area contributed by atoms with Crippen molar-refractivity contribution >= 4 is 5.97 Å². The molecule has 17 heavy (non-hydrogen) atoms. The Labute approximate surface area is 104 Å². The molecule has 98 valence electrons. The summed E-state index contributed by atoms with van der Waals surface area (Å²) in [4.78, 5) is 12.1. The molecular weight excluding hydrogens is 214 g/mol. The van der Waals surface area contributed by atoms with Crippen LogP contribution in [0.1, 0.15) is 46.0 Å². The molecule has 3 heteroatoms. The third kappa shape index (κ3) is 2.82. The molecule has 0 spiro atoms. The van der Waals surface area contributed by atoms with Gasteiger partial charge in [-0.3, -0.25) is 4.79 Å². The second-order valence-electron chi connectivity index (χ2n) is 6.10. The molecule has 3 nitrogen and oxygen atoms in total. The van der Waals surface area contributed by atoms with E-state index >= 15 is 0 Å². The normalized spacial score (nSPS) is 37.8. The molecule has 0 heterocycles. The molecule has 0 radical (unpaired) electrons. The van der Waals surface area contributed by atoms with Crippen molar-refractivity contribution in [2.75, 3.05) is 13.7 Å². The topological polar surface area (TPSA) is 38.3 Å². The number of nitrogens with one attached hydrogen (secondary N) is 1. The zero-order chi connectivity index (χ0) is 12.5. The van der Waals surface area contributed by atoms with E-state index in [1.807, 2.05) is 0 Å². The third-order valence-electron chi connectivity index (χ3n) is 4.67. The first kappa shape index (κ1) is 12.9. The number of esters is 1. The van der Waals surface area contributed by atoms with Gasteiger partial charge >= 0.3 is 5.97 Å². The van der Waals surface area contributed by atoms with Gasteiger partial charge in [-0.1, -0.05) is 13.8 Å². The van der Waals surface area contributed by atoms with E-state index in [9.17, 15) is 4.79 Å². The fourth-order valence-electron chi connectivity index (χ4n) is 2.89. The summed E-state index contributed by atoms with van der Waals surface area (Å²) in [6.07, 6.45) is 5.60. The van der Waals surface area contributed by atoms with Crippen LogP contribution in [-0.2, 0) is 9.53 Å². The van der Waals surface area contributed by atoms with Gasteiger partial charge < -0.3 is 10.1 Å². The standard InChI is InChI=1S/C14H25NO2/c1-10-6-7-14(8-11(10)2,13(16)17-3)15-9-12-4-5-12/h10-12,15H,4-9H2,1-3H3. The highest BCUT2D eigenvalue weighted by atomic mass is 16.5. The molecule has 0 saturated heterocycles. The van der Waals surface area contributed by atoms with E-state index in [-0.39, 0.29) is 5.97 Å². The van der Waals surface area contributed by atoms with Gasteiger partial charge in [-0.25, -0.2) is 0 Å². The fourth-order valence-corrected chi connectivity index (χ4v) is 2.89. The van der Waals surface area contributed by atoms with Crippen LogP contribution in [0.15, 0.2) is 0 Å². The Morgan fingerprint density at radius 2 is 2.00 bits per heavy atom. The van der Waals surface area contributed by atoms with Crippen molar-refractivity contribution in [3.8, 4) is 0 Å². The average molecular weight is 239 g/mol. The van der Waals surface area contributed by atoms with Gasteiger partial charge in [0.15, 0.2) is 0 Å². The van der Waals surface area contributed by atoms with Gasteiger partial charge in [0.05, 0.1) is 7.11 Å². The number of methoxy groups -OCH3 is 1. The van der Waals surface area contributed by atoms with Gasteiger partial charge in [0.2, 0.25) is 0 Å². The van der Waals surface area contributed by atoms with E-state index in [0.717, 1.165) is 37.6 Å². The Morgan fingerprint density at radius 1 is 1.29 bits per heavy atom. The van der Waals surface area contributed by atoms with Gasteiger partial charge in [0.1, 0.15) is 5.54 Å². The first-order valence-corrected chi connectivity index (χ1v) is 6.91. The fraction of sp³-hybridized carbons (Fsp3) is 0.929. The molecule has 0 aromatic rings. The Bertz CT molecular complexity index is 288. The summed E-state index contributed by atoms with van der Waals surface area (Å²) < 4.78 is 5.03. The van der Waals surface area contributed by atoms with Crippen LogP contribution in [0, 0.1) is 17.8 Å². The van der Waals surface area contributed by atoms with Crippen molar-refractivity contribution in [2.45, 2.75) is 51.5 Å². The van der Waals surface area contributed by atoms with Crippen LogP contribution in [0.3, 0.4) is 0 Å². The van der Waals surface area contributed by atoms with Crippen molar-refractivity contribution in [1.29, 1.82) is 0 Å². The van der Waals surface area contributed by atoms with Crippen molar-refractivity contribution < 1.29 is 9.53 Å². The van der Waals surface area contributed by atoms with E-state index in [1.165, 1.54) is 20.0 Å². The Balaban J connectivity index is 2.03. The van der Waals surface area contributed by atoms with Gasteiger partial charge in [0, 0.05) is 0 Å². The molecule has 2 aliphatic carbocycles. The van der Waals surface area contributed by atoms with Crippen molar-refractivity contribution in [2.24, 2.45) is 17.8 Å². The molecule has 0 amide bonds. The second-order valence-corrected chi connectivity index (χ2v) is 6.10. The Hall–Kier alpha value is -0.570. The van der Waals surface area contributed by atoms with E-state index in [4.69, 9.17) is 4.74 Å². The lowest BCUT2D eigenvalue weighted by molar-refractivity contribution is -0.151. The number of hydrogen-bond acceptors (Lipinski definition) is 3. The molecule has 2 saturated carbocycles. The summed E-state index contributed by atoms with van der Waals surface area (Å²) in [5.41, 5.74) is -0.400. The molecule has 0 aliphatic heterocycles. The van der Waals surface area contributed by atoms with Crippen LogP contribution in [-0.4, -0.2) is 25.2 Å². The summed E-state index contributed by atoms with van der Waals surface area (Å²) in [6.45, 7) is 5.52. The summed E-state index contributed by atoms with van der Waals surface area (Å²) in [6, 6.07) is 0. The monoisotopic (exact) mass is 239 g/mol. The molecule has 0 aromatic carbocycles. The number of ether oxygens (including phenoxy) is 1. The van der Waals surface area contributed by atoms with Crippen LogP contribution in [0.4, 0.5) is 0 Å². The average Bonchev–Trinajstić information content (AvgIpc) is 3.14. The molecule has 1 N–H and O–H groups in total. The first-order chi connectivity index (χ1) is 8.07. The second kappa shape index (κ2) is 4.97. The summed E-state index contributed by atoms with van der Waals surface area (Å²) in [7, 11) is 1.51. The number of carbonyl (C=O) groups is 1. The van der Waals surface area contributed by atoms with Gasteiger partial charge in [0.25, 0.3) is 0 Å². The predicted molar refractivity (Wildman–Crippen MR) is 67.7 cm³/mol. The Morgan fingerprint density at radius 3 is 2.53 bits per heavy atom. The van der Waals surface area contributed by atoms with Gasteiger partial charge in [-0.15, -0.1) is 0 Å². The van der Waals surface area contributed by atoms with Crippen molar-refractivity contribution in [3.05, 3.63) is 0 Å². The molecule has 2 rings (SSSR count). The summed E-state index contributed by atoms with van der Waals surface area (Å²) >= 11 is 0. The van der Waals surface area contributed by atoms with Crippen LogP contribution in [0.25, 0.3) is 0 Å². The number of rotatable bonds is 4. The van der Waals surface area contributed by atoms with Gasteiger partial charge in [-0.2, -0.15) is 0 Å². The molecule has 2 aliphatic rings. The van der Waals surface area contributed by atoms with Crippen LogP contribution >= 0.6 is 0 Å². The zero-order valence-electron chi connectivity index (χ0n) is 11.3. The summed E-state index contributed by atoms with van der Waals surface area (Å²) in [5, 5.41) is 3.52. The van der Waals surface area contributed by atoms with Crippen LogP contribution < -0.4 is 5.32 Å². The maximum absolute atomic E-state index is 12.1. The van der Waals surface area contributed by atoms with E-state index < -0.39 is 5.54 Å². The van der Waals surface area contributed by atoms with E-state index in [1.54, 1.807) is 0 Å². The highest BCUT2D eigenvalue weighted by molar-refractivity contribution is 5.81. The highest BCUT2D eigenvalue weighted by Gasteiger charge is 2.45. The lowest BCUT2D eigenvalue weighted by Crippen LogP contribution is -2.56. The molecule has 2 fully saturated rings. The largest absolute Gasteiger partial charge is 0.468 e. The Kier molecular flexibility index (Phi) is 3.76. The van der Waals surface area contributed by atoms with E-state index in [2.05, 4.69) is 19.2 Å². The first-order valence-electron chi connectivity index (χ1n) is 6.91. The minimum Gasteiger partial charge on any atom is -0.468 e. The number of hydrogen-bond donors (Lipinski definition) is 1. The SMILES string of the molecule is COC(=O)C1(NCC2CC2)CCC(C)C(C)C1. The molecular formula is C14H25NO2. The maximum atomic E-state index is 12.1. The minimum absolute atomic E-state index is 0.0584. The minimum atomic E-state index is -0.400. The zero-order valence-corrected chi connectivity index (χ0v) is 11.3. The van der Waals surface area contributed by atoms with Crippen LogP contribution in [0.2, 0.25) is 0 Å². The molecule has 3 atom stereocenters. The van der Waals surface area contributed by atoms with Gasteiger partial charge in [-0.05, 0) is 56.4 Å². The third-order valence-corrected chi connectivity index (χ3v) is 4.67. The van der Waals surface area contributed by atoms with Crippen molar-refractivity contribution in [3.63, 3.8) is 0 Å². The molecule has 3 unspecified atom stereocenters. The molecule has 0 bridgehead atoms. The lowest BCUT2D eigenvalue weighted by atomic mass is 9.71. The quantitative estimate of drug-likeness (QED) is 0.765.